The van der Waals surface area contributed by atoms with Gasteiger partial charge in [-0.05, 0) is 49.4 Å². The van der Waals surface area contributed by atoms with Gasteiger partial charge in [0.05, 0.1) is 7.11 Å². The third-order valence-corrected chi connectivity index (χ3v) is 4.34. The molecule has 0 radical (unpaired) electrons. The van der Waals surface area contributed by atoms with E-state index in [0.29, 0.717) is 0 Å². The lowest BCUT2D eigenvalue weighted by atomic mass is 9.84. The summed E-state index contributed by atoms with van der Waals surface area (Å²) in [5.74, 6) is 1.91. The molecule has 0 heterocycles. The van der Waals surface area contributed by atoms with Crippen LogP contribution >= 0.6 is 0 Å². The number of hydrogen-bond donors (Lipinski definition) is 1. The fourth-order valence-electron chi connectivity index (χ4n) is 3.10. The first-order valence-electron chi connectivity index (χ1n) is 7.68. The Bertz CT molecular complexity index is 377. The average molecular weight is 261 g/mol. The molecule has 2 heteroatoms. The third kappa shape index (κ3) is 4.54. The van der Waals surface area contributed by atoms with Gasteiger partial charge in [0.2, 0.25) is 0 Å². The quantitative estimate of drug-likeness (QED) is 0.841. The van der Waals surface area contributed by atoms with Gasteiger partial charge in [0.15, 0.2) is 0 Å². The number of rotatable bonds is 6. The summed E-state index contributed by atoms with van der Waals surface area (Å²) >= 11 is 0. The van der Waals surface area contributed by atoms with Crippen LogP contribution in [0.1, 0.15) is 44.6 Å². The van der Waals surface area contributed by atoms with Gasteiger partial charge in [0.25, 0.3) is 0 Å². The topological polar surface area (TPSA) is 21.3 Å². The molecular formula is C17H27NO. The SMILES string of the molecule is CCC1CCCC(NCCc2cccc(OC)c2)C1. The van der Waals surface area contributed by atoms with Crippen LogP contribution < -0.4 is 10.1 Å². The summed E-state index contributed by atoms with van der Waals surface area (Å²) in [4.78, 5) is 0. The predicted molar refractivity (Wildman–Crippen MR) is 80.7 cm³/mol. The number of nitrogens with one attached hydrogen (secondary N) is 1. The Morgan fingerprint density at radius 1 is 1.32 bits per heavy atom. The molecule has 1 aliphatic carbocycles. The highest BCUT2D eigenvalue weighted by molar-refractivity contribution is 5.28. The maximum absolute atomic E-state index is 5.26. The van der Waals surface area contributed by atoms with Crippen LogP contribution in [0.5, 0.6) is 5.75 Å². The van der Waals surface area contributed by atoms with Crippen LogP contribution in [0.4, 0.5) is 0 Å². The Hall–Kier alpha value is -1.02. The van der Waals surface area contributed by atoms with Crippen LogP contribution in [0, 0.1) is 5.92 Å². The van der Waals surface area contributed by atoms with E-state index >= 15 is 0 Å². The Labute approximate surface area is 117 Å². The first-order valence-corrected chi connectivity index (χ1v) is 7.68. The van der Waals surface area contributed by atoms with Crippen LogP contribution in [0.25, 0.3) is 0 Å². The van der Waals surface area contributed by atoms with Gasteiger partial charge in [-0.1, -0.05) is 38.3 Å². The van der Waals surface area contributed by atoms with E-state index in [4.69, 9.17) is 4.74 Å². The molecule has 19 heavy (non-hydrogen) atoms. The molecular weight excluding hydrogens is 234 g/mol. The number of hydrogen-bond acceptors (Lipinski definition) is 2. The van der Waals surface area contributed by atoms with Gasteiger partial charge in [-0.3, -0.25) is 0 Å². The Kier molecular flexibility index (Phi) is 5.71. The molecule has 0 aliphatic heterocycles. The second kappa shape index (κ2) is 7.54. The largest absolute Gasteiger partial charge is 0.497 e. The van der Waals surface area contributed by atoms with Gasteiger partial charge in [0.1, 0.15) is 5.75 Å². The molecule has 1 aromatic rings. The molecule has 106 valence electrons. The molecule has 0 aromatic heterocycles. The van der Waals surface area contributed by atoms with Crippen LogP contribution in [0.15, 0.2) is 24.3 Å². The molecule has 1 saturated carbocycles. The zero-order valence-electron chi connectivity index (χ0n) is 12.3. The van der Waals surface area contributed by atoms with E-state index in [9.17, 15) is 0 Å². The van der Waals surface area contributed by atoms with Gasteiger partial charge >= 0.3 is 0 Å². The molecule has 0 spiro atoms. The van der Waals surface area contributed by atoms with Gasteiger partial charge in [0, 0.05) is 6.04 Å². The van der Waals surface area contributed by atoms with E-state index in [-0.39, 0.29) is 0 Å². The van der Waals surface area contributed by atoms with Gasteiger partial charge in [-0.25, -0.2) is 0 Å². The molecule has 2 unspecified atom stereocenters. The van der Waals surface area contributed by atoms with E-state index in [1.54, 1.807) is 7.11 Å². The summed E-state index contributed by atoms with van der Waals surface area (Å²) in [5, 5.41) is 3.73. The average Bonchev–Trinajstić information content (AvgIpc) is 2.48. The second-order valence-corrected chi connectivity index (χ2v) is 5.69. The third-order valence-electron chi connectivity index (χ3n) is 4.34. The van der Waals surface area contributed by atoms with Crippen LogP contribution in [-0.4, -0.2) is 19.7 Å². The molecule has 0 saturated heterocycles. The first-order chi connectivity index (χ1) is 9.31. The van der Waals surface area contributed by atoms with Crippen molar-refractivity contribution >= 4 is 0 Å². The zero-order chi connectivity index (χ0) is 13.5. The normalized spacial score (nSPS) is 23.3. The number of ether oxygens (including phenoxy) is 1. The predicted octanol–water partition coefficient (Wildman–Crippen LogP) is 3.80. The van der Waals surface area contributed by atoms with Crippen molar-refractivity contribution in [3.8, 4) is 5.75 Å². The summed E-state index contributed by atoms with van der Waals surface area (Å²) in [6.07, 6.45) is 7.99. The lowest BCUT2D eigenvalue weighted by molar-refractivity contribution is 0.280. The Balaban J connectivity index is 1.73. The van der Waals surface area contributed by atoms with Crippen molar-refractivity contribution in [1.29, 1.82) is 0 Å². The standard InChI is InChI=1S/C17H27NO/c1-3-14-6-4-8-16(12-14)18-11-10-15-7-5-9-17(13-15)19-2/h5,7,9,13-14,16,18H,3-4,6,8,10-12H2,1-2H3. The number of benzene rings is 1. The number of methoxy groups -OCH3 is 1. The lowest BCUT2D eigenvalue weighted by Gasteiger charge is -2.29. The highest BCUT2D eigenvalue weighted by Gasteiger charge is 2.19. The van der Waals surface area contributed by atoms with Crippen molar-refractivity contribution in [2.24, 2.45) is 5.92 Å². The summed E-state index contributed by atoms with van der Waals surface area (Å²) in [5.41, 5.74) is 1.36. The van der Waals surface area contributed by atoms with E-state index in [2.05, 4.69) is 30.4 Å². The minimum absolute atomic E-state index is 0.740. The summed E-state index contributed by atoms with van der Waals surface area (Å²) < 4.78 is 5.26. The monoisotopic (exact) mass is 261 g/mol. The van der Waals surface area contributed by atoms with Crippen molar-refractivity contribution < 1.29 is 4.74 Å². The van der Waals surface area contributed by atoms with Crippen molar-refractivity contribution in [2.75, 3.05) is 13.7 Å². The summed E-state index contributed by atoms with van der Waals surface area (Å²) in [7, 11) is 1.73. The van der Waals surface area contributed by atoms with E-state index in [1.165, 1.54) is 37.7 Å². The summed E-state index contributed by atoms with van der Waals surface area (Å²) in [6.45, 7) is 3.40. The molecule has 2 nitrogen and oxygen atoms in total. The van der Waals surface area contributed by atoms with Crippen molar-refractivity contribution in [1.82, 2.24) is 5.32 Å². The van der Waals surface area contributed by atoms with Crippen molar-refractivity contribution in [2.45, 2.75) is 51.5 Å². The molecule has 1 fully saturated rings. The van der Waals surface area contributed by atoms with Gasteiger partial charge in [-0.15, -0.1) is 0 Å². The molecule has 2 atom stereocenters. The fourth-order valence-corrected chi connectivity index (χ4v) is 3.10. The first kappa shape index (κ1) is 14.4. The molecule has 1 aliphatic rings. The lowest BCUT2D eigenvalue weighted by Crippen LogP contribution is -2.35. The van der Waals surface area contributed by atoms with E-state index < -0.39 is 0 Å². The maximum Gasteiger partial charge on any atom is 0.119 e. The molecule has 1 N–H and O–H groups in total. The van der Waals surface area contributed by atoms with Gasteiger partial charge < -0.3 is 10.1 Å². The van der Waals surface area contributed by atoms with Crippen molar-refractivity contribution in [3.63, 3.8) is 0 Å². The minimum atomic E-state index is 0.740. The smallest absolute Gasteiger partial charge is 0.119 e. The van der Waals surface area contributed by atoms with E-state index in [1.807, 2.05) is 6.07 Å². The highest BCUT2D eigenvalue weighted by atomic mass is 16.5. The van der Waals surface area contributed by atoms with Crippen LogP contribution in [0.3, 0.4) is 0 Å². The molecule has 1 aromatic carbocycles. The summed E-state index contributed by atoms with van der Waals surface area (Å²) in [6, 6.07) is 9.13. The highest BCUT2D eigenvalue weighted by Crippen LogP contribution is 2.26. The second-order valence-electron chi connectivity index (χ2n) is 5.69. The Morgan fingerprint density at radius 2 is 2.21 bits per heavy atom. The Morgan fingerprint density at radius 3 is 3.00 bits per heavy atom. The van der Waals surface area contributed by atoms with Crippen LogP contribution in [-0.2, 0) is 6.42 Å². The molecule has 2 rings (SSSR count). The maximum atomic E-state index is 5.26. The minimum Gasteiger partial charge on any atom is -0.497 e. The van der Waals surface area contributed by atoms with Crippen LogP contribution in [0.2, 0.25) is 0 Å². The molecule has 0 amide bonds. The van der Waals surface area contributed by atoms with Crippen molar-refractivity contribution in [3.05, 3.63) is 29.8 Å². The zero-order valence-corrected chi connectivity index (χ0v) is 12.3. The van der Waals surface area contributed by atoms with Gasteiger partial charge in [-0.2, -0.15) is 0 Å². The molecule has 0 bridgehead atoms. The fraction of sp³-hybridized carbons (Fsp3) is 0.647. The van der Waals surface area contributed by atoms with E-state index in [0.717, 1.165) is 30.7 Å².